The molecule has 4 aliphatic rings. The van der Waals surface area contributed by atoms with Gasteiger partial charge in [0.2, 0.25) is 11.8 Å². The number of benzene rings is 1. The summed E-state index contributed by atoms with van der Waals surface area (Å²) in [5.41, 5.74) is 0.887. The average molecular weight is 747 g/mol. The van der Waals surface area contributed by atoms with Crippen molar-refractivity contribution in [2.75, 3.05) is 0 Å². The largest absolute Gasteiger partial charge is 0.459 e. The number of carbonyl (C=O) groups is 6. The first kappa shape index (κ1) is 41.8. The van der Waals surface area contributed by atoms with Crippen LogP contribution in [0.1, 0.15) is 148 Å². The molecule has 0 spiro atoms. The van der Waals surface area contributed by atoms with Gasteiger partial charge in [-0.2, -0.15) is 0 Å². The van der Waals surface area contributed by atoms with E-state index in [1.807, 2.05) is 30.3 Å². The smallest absolute Gasteiger partial charge is 0.328 e. The standard InChI is InChI=1S/C45H66N2O7/c1-4-32-14-8-18-36(32)41(49)26-23-34-16-10-20-38(34)43(51)46-29(2)40(48)25-22-33-15-9-19-37(33)42(50)27-24-35-17-11-21-39(35)44(52)47-30(3)45(53)54-28-31-12-6-5-7-13-31/h5-7,12-13,29-30,32-39H,4,8-11,14-28H2,1-3H3,(H,46,51)(H,47,52)/t29-,30-,32-,33+,34+,35+,36-,37-,38-,39-/m1/s1. The zero-order valence-electron chi connectivity index (χ0n) is 33.2. The van der Waals surface area contributed by atoms with Crippen molar-refractivity contribution in [2.24, 2.45) is 47.3 Å². The van der Waals surface area contributed by atoms with Gasteiger partial charge in [0.05, 0.1) is 6.04 Å². The summed E-state index contributed by atoms with van der Waals surface area (Å²) in [5.74, 6) is 0.752. The fourth-order valence-corrected chi connectivity index (χ4v) is 10.4. The van der Waals surface area contributed by atoms with E-state index in [1.54, 1.807) is 13.8 Å². The summed E-state index contributed by atoms with van der Waals surface area (Å²) >= 11 is 0. The van der Waals surface area contributed by atoms with E-state index in [-0.39, 0.29) is 71.4 Å². The van der Waals surface area contributed by atoms with E-state index in [0.29, 0.717) is 43.8 Å². The Balaban J connectivity index is 1.01. The van der Waals surface area contributed by atoms with E-state index in [2.05, 4.69) is 17.6 Å². The van der Waals surface area contributed by atoms with E-state index in [4.69, 9.17) is 4.74 Å². The molecule has 2 N–H and O–H groups in total. The summed E-state index contributed by atoms with van der Waals surface area (Å²) in [6, 6.07) is 8.11. The van der Waals surface area contributed by atoms with Gasteiger partial charge in [-0.15, -0.1) is 0 Å². The zero-order chi connectivity index (χ0) is 38.6. The number of esters is 1. The summed E-state index contributed by atoms with van der Waals surface area (Å²) in [6.07, 6.45) is 15.9. The summed E-state index contributed by atoms with van der Waals surface area (Å²) in [7, 11) is 0. The molecule has 2 amide bonds. The van der Waals surface area contributed by atoms with E-state index < -0.39 is 18.1 Å². The molecule has 0 aromatic heterocycles. The lowest BCUT2D eigenvalue weighted by Gasteiger charge is -2.24. The number of amides is 2. The number of hydrogen-bond acceptors (Lipinski definition) is 7. The summed E-state index contributed by atoms with van der Waals surface area (Å²) in [6.45, 7) is 5.76. The first-order valence-corrected chi connectivity index (χ1v) is 21.4. The topological polar surface area (TPSA) is 136 Å². The van der Waals surface area contributed by atoms with E-state index in [0.717, 1.165) is 95.5 Å². The van der Waals surface area contributed by atoms with Gasteiger partial charge in [-0.3, -0.25) is 24.0 Å². The van der Waals surface area contributed by atoms with Gasteiger partial charge in [-0.25, -0.2) is 4.79 Å². The van der Waals surface area contributed by atoms with Gasteiger partial charge in [0.15, 0.2) is 5.78 Å². The Hall–Kier alpha value is -3.36. The van der Waals surface area contributed by atoms with Crippen LogP contribution in [-0.2, 0) is 40.1 Å². The van der Waals surface area contributed by atoms with Crippen molar-refractivity contribution in [3.63, 3.8) is 0 Å². The monoisotopic (exact) mass is 746 g/mol. The number of Topliss-reactive ketones (excluding diaryl/α,β-unsaturated/α-hetero) is 3. The molecule has 1 aromatic rings. The Bertz CT molecular complexity index is 1440. The van der Waals surface area contributed by atoms with Crippen molar-refractivity contribution in [3.8, 4) is 0 Å². The Labute approximate surface area is 323 Å². The van der Waals surface area contributed by atoms with Crippen LogP contribution in [0.15, 0.2) is 30.3 Å². The van der Waals surface area contributed by atoms with E-state index in [9.17, 15) is 28.8 Å². The molecule has 0 heterocycles. The maximum absolute atomic E-state index is 13.5. The maximum atomic E-state index is 13.5. The zero-order valence-corrected chi connectivity index (χ0v) is 33.2. The number of nitrogens with one attached hydrogen (secondary N) is 2. The highest BCUT2D eigenvalue weighted by atomic mass is 16.5. The first-order valence-electron chi connectivity index (χ1n) is 21.4. The second-order valence-corrected chi connectivity index (χ2v) is 17.2. The minimum absolute atomic E-state index is 0.0102. The number of carbonyl (C=O) groups excluding carboxylic acids is 6. The molecular weight excluding hydrogens is 681 g/mol. The van der Waals surface area contributed by atoms with Crippen LogP contribution in [0, 0.1) is 47.3 Å². The lowest BCUT2D eigenvalue weighted by molar-refractivity contribution is -0.149. The van der Waals surface area contributed by atoms with Crippen molar-refractivity contribution < 1.29 is 33.5 Å². The molecule has 298 valence electrons. The van der Waals surface area contributed by atoms with Gasteiger partial charge in [0, 0.05) is 42.9 Å². The molecule has 0 radical (unpaired) electrons. The molecule has 54 heavy (non-hydrogen) atoms. The summed E-state index contributed by atoms with van der Waals surface area (Å²) < 4.78 is 5.40. The van der Waals surface area contributed by atoms with E-state index >= 15 is 0 Å². The van der Waals surface area contributed by atoms with Crippen molar-refractivity contribution in [1.29, 1.82) is 0 Å². The lowest BCUT2D eigenvalue weighted by Crippen LogP contribution is -2.43. The molecule has 4 fully saturated rings. The normalized spacial score (nSPS) is 29.0. The molecule has 0 unspecified atom stereocenters. The van der Waals surface area contributed by atoms with E-state index in [1.165, 1.54) is 0 Å². The summed E-state index contributed by atoms with van der Waals surface area (Å²) in [5, 5.41) is 5.87. The Morgan fingerprint density at radius 1 is 0.593 bits per heavy atom. The Morgan fingerprint density at radius 3 is 1.57 bits per heavy atom. The van der Waals surface area contributed by atoms with Gasteiger partial charge < -0.3 is 15.4 Å². The highest BCUT2D eigenvalue weighted by molar-refractivity contribution is 5.90. The molecular formula is C45H66N2O7. The van der Waals surface area contributed by atoms with Crippen LogP contribution in [0.2, 0.25) is 0 Å². The molecule has 4 aliphatic carbocycles. The van der Waals surface area contributed by atoms with Crippen LogP contribution >= 0.6 is 0 Å². The third kappa shape index (κ3) is 11.3. The second-order valence-electron chi connectivity index (χ2n) is 17.2. The number of ether oxygens (including phenoxy) is 1. The Morgan fingerprint density at radius 2 is 1.04 bits per heavy atom. The van der Waals surface area contributed by atoms with Crippen LogP contribution < -0.4 is 10.6 Å². The minimum Gasteiger partial charge on any atom is -0.459 e. The quantitative estimate of drug-likeness (QED) is 0.130. The predicted octanol–water partition coefficient (Wildman–Crippen LogP) is 7.86. The molecule has 0 bridgehead atoms. The minimum atomic E-state index is -0.751. The highest BCUT2D eigenvalue weighted by Gasteiger charge is 2.39. The third-order valence-electron chi connectivity index (χ3n) is 13.7. The van der Waals surface area contributed by atoms with Crippen molar-refractivity contribution >= 4 is 35.1 Å². The molecule has 5 rings (SSSR count). The van der Waals surface area contributed by atoms with Crippen LogP contribution in [-0.4, -0.2) is 47.2 Å². The summed E-state index contributed by atoms with van der Waals surface area (Å²) in [4.78, 5) is 78.9. The SMILES string of the molecule is CC[C@@H]1CCC[C@H]1C(=O)CC[C@@H]1CCC[C@H]1C(=O)N[C@H](C)C(=O)CC[C@@H]1CCC[C@H]1C(=O)CC[C@@H]1CCC[C@H]1C(=O)N[C@H](C)C(=O)OCc1ccccc1. The molecule has 10 atom stereocenters. The fourth-order valence-electron chi connectivity index (χ4n) is 10.4. The molecule has 9 heteroatoms. The van der Waals surface area contributed by atoms with Crippen LogP contribution in [0.25, 0.3) is 0 Å². The molecule has 0 saturated heterocycles. The van der Waals surface area contributed by atoms with Crippen molar-refractivity contribution in [2.45, 2.75) is 161 Å². The number of ketones is 3. The maximum Gasteiger partial charge on any atom is 0.328 e. The predicted molar refractivity (Wildman–Crippen MR) is 208 cm³/mol. The average Bonchev–Trinajstić information content (AvgIpc) is 4.01. The second kappa shape index (κ2) is 20.5. The van der Waals surface area contributed by atoms with Crippen LogP contribution in [0.4, 0.5) is 0 Å². The van der Waals surface area contributed by atoms with Crippen molar-refractivity contribution in [3.05, 3.63) is 35.9 Å². The Kier molecular flexibility index (Phi) is 15.9. The highest BCUT2D eigenvalue weighted by Crippen LogP contribution is 2.41. The van der Waals surface area contributed by atoms with Crippen LogP contribution in [0.5, 0.6) is 0 Å². The molecule has 9 nitrogen and oxygen atoms in total. The van der Waals surface area contributed by atoms with Gasteiger partial charge in [-0.1, -0.05) is 69.4 Å². The van der Waals surface area contributed by atoms with Gasteiger partial charge in [0.25, 0.3) is 0 Å². The number of rotatable bonds is 20. The van der Waals surface area contributed by atoms with Crippen LogP contribution in [0.3, 0.4) is 0 Å². The van der Waals surface area contributed by atoms with Gasteiger partial charge in [-0.05, 0) is 114 Å². The number of hydrogen-bond donors (Lipinski definition) is 2. The van der Waals surface area contributed by atoms with Gasteiger partial charge in [0.1, 0.15) is 24.2 Å². The molecule has 1 aromatic carbocycles. The third-order valence-corrected chi connectivity index (χ3v) is 13.7. The molecule has 4 saturated carbocycles. The lowest BCUT2D eigenvalue weighted by atomic mass is 9.83. The van der Waals surface area contributed by atoms with Gasteiger partial charge >= 0.3 is 5.97 Å². The fraction of sp³-hybridized carbons (Fsp3) is 0.733. The first-order chi connectivity index (χ1) is 26.0. The molecule has 0 aliphatic heterocycles. The van der Waals surface area contributed by atoms with Crippen molar-refractivity contribution in [1.82, 2.24) is 10.6 Å².